The lowest BCUT2D eigenvalue weighted by molar-refractivity contribution is -0.137. The first-order chi connectivity index (χ1) is 13.0. The van der Waals surface area contributed by atoms with E-state index in [0.717, 1.165) is 17.7 Å². The summed E-state index contributed by atoms with van der Waals surface area (Å²) in [5, 5.41) is 5.54. The largest absolute Gasteiger partial charge is 0.463 e. The summed E-state index contributed by atoms with van der Waals surface area (Å²) in [6.07, 6.45) is 2.16. The molecule has 0 saturated carbocycles. The molecule has 0 bridgehead atoms. The quantitative estimate of drug-likeness (QED) is 0.582. The van der Waals surface area contributed by atoms with Crippen LogP contribution in [0.3, 0.4) is 0 Å². The normalized spacial score (nSPS) is 11.6. The summed E-state index contributed by atoms with van der Waals surface area (Å²) in [5.74, 6) is -1.24. The number of hydrogen-bond acceptors (Lipinski definition) is 4. The Morgan fingerprint density at radius 3 is 2.30 bits per heavy atom. The Morgan fingerprint density at radius 1 is 1.00 bits per heavy atom. The van der Waals surface area contributed by atoms with Crippen molar-refractivity contribution < 1.29 is 19.1 Å². The van der Waals surface area contributed by atoms with Crippen LogP contribution in [0, 0.1) is 0 Å². The van der Waals surface area contributed by atoms with Crippen LogP contribution in [0.2, 0.25) is 0 Å². The Hall–Kier alpha value is -3.41. The molecule has 140 valence electrons. The van der Waals surface area contributed by atoms with E-state index in [9.17, 15) is 14.4 Å². The second kappa shape index (κ2) is 9.91. The molecular weight excluding hydrogens is 344 g/mol. The van der Waals surface area contributed by atoms with E-state index in [1.54, 1.807) is 31.2 Å². The minimum Gasteiger partial charge on any atom is -0.463 e. The zero-order chi connectivity index (χ0) is 19.6. The van der Waals surface area contributed by atoms with Crippen molar-refractivity contribution in [2.45, 2.75) is 19.9 Å². The first kappa shape index (κ1) is 19.9. The molecule has 1 unspecified atom stereocenters. The maximum absolute atomic E-state index is 12.3. The van der Waals surface area contributed by atoms with Crippen molar-refractivity contribution in [3.8, 4) is 0 Å². The van der Waals surface area contributed by atoms with Gasteiger partial charge in [-0.2, -0.15) is 0 Å². The molecule has 0 fully saturated rings. The second-order valence-corrected chi connectivity index (χ2v) is 5.76. The van der Waals surface area contributed by atoms with Crippen LogP contribution in [0.15, 0.2) is 66.7 Å². The van der Waals surface area contributed by atoms with Gasteiger partial charge in [-0.3, -0.25) is 9.59 Å². The van der Waals surface area contributed by atoms with Crippen molar-refractivity contribution in [1.82, 2.24) is 5.32 Å². The van der Waals surface area contributed by atoms with Gasteiger partial charge in [-0.05, 0) is 43.7 Å². The molecule has 0 aromatic heterocycles. The summed E-state index contributed by atoms with van der Waals surface area (Å²) < 4.78 is 4.70. The van der Waals surface area contributed by atoms with Gasteiger partial charge in [0.25, 0.3) is 5.91 Å². The third-order valence-corrected chi connectivity index (χ3v) is 3.72. The zero-order valence-electron chi connectivity index (χ0n) is 15.3. The number of amides is 2. The molecule has 0 aliphatic carbocycles. The molecule has 0 heterocycles. The van der Waals surface area contributed by atoms with Crippen molar-refractivity contribution in [1.29, 1.82) is 0 Å². The molecule has 2 aromatic carbocycles. The zero-order valence-corrected chi connectivity index (χ0v) is 15.3. The number of rotatable bonds is 7. The second-order valence-electron chi connectivity index (χ2n) is 5.76. The van der Waals surface area contributed by atoms with E-state index in [4.69, 9.17) is 4.74 Å². The molecule has 6 nitrogen and oxygen atoms in total. The van der Waals surface area contributed by atoms with Crippen LogP contribution in [0.1, 0.15) is 35.8 Å². The van der Waals surface area contributed by atoms with Crippen LogP contribution >= 0.6 is 0 Å². The van der Waals surface area contributed by atoms with Crippen LogP contribution < -0.4 is 10.6 Å². The number of esters is 1. The first-order valence-corrected chi connectivity index (χ1v) is 8.61. The third kappa shape index (κ3) is 6.43. The highest BCUT2D eigenvalue weighted by Crippen LogP contribution is 2.14. The number of anilines is 1. The lowest BCUT2D eigenvalue weighted by Crippen LogP contribution is -2.26. The van der Waals surface area contributed by atoms with E-state index in [2.05, 4.69) is 10.6 Å². The molecule has 2 aromatic rings. The molecule has 0 saturated heterocycles. The van der Waals surface area contributed by atoms with Crippen LogP contribution in [0.5, 0.6) is 0 Å². The van der Waals surface area contributed by atoms with Gasteiger partial charge in [0.2, 0.25) is 5.91 Å². The minimum absolute atomic E-state index is 0.119. The van der Waals surface area contributed by atoms with Gasteiger partial charge in [0.15, 0.2) is 0 Å². The van der Waals surface area contributed by atoms with Gasteiger partial charge < -0.3 is 15.4 Å². The highest BCUT2D eigenvalue weighted by molar-refractivity contribution is 6.03. The van der Waals surface area contributed by atoms with Crippen LogP contribution in [0.25, 0.3) is 0 Å². The number of carbonyl (C=O) groups is 3. The average Bonchev–Trinajstić information content (AvgIpc) is 2.68. The predicted molar refractivity (Wildman–Crippen MR) is 103 cm³/mol. The van der Waals surface area contributed by atoms with E-state index in [1.807, 2.05) is 37.3 Å². The Labute approximate surface area is 158 Å². The van der Waals surface area contributed by atoms with Crippen molar-refractivity contribution in [2.75, 3.05) is 11.9 Å². The molecule has 2 N–H and O–H groups in total. The van der Waals surface area contributed by atoms with Gasteiger partial charge >= 0.3 is 5.97 Å². The Balaban J connectivity index is 1.91. The number of nitrogens with one attached hydrogen (secondary N) is 2. The van der Waals surface area contributed by atoms with Crippen molar-refractivity contribution in [3.63, 3.8) is 0 Å². The fraction of sp³-hybridized carbons (Fsp3) is 0.190. The molecule has 0 aliphatic heterocycles. The van der Waals surface area contributed by atoms with Gasteiger partial charge in [-0.15, -0.1) is 0 Å². The van der Waals surface area contributed by atoms with E-state index in [-0.39, 0.29) is 18.6 Å². The Kier molecular flexibility index (Phi) is 7.31. The average molecular weight is 366 g/mol. The summed E-state index contributed by atoms with van der Waals surface area (Å²) in [4.78, 5) is 35.3. The van der Waals surface area contributed by atoms with Crippen molar-refractivity contribution in [2.24, 2.45) is 0 Å². The topological polar surface area (TPSA) is 84.5 Å². The number of hydrogen-bond donors (Lipinski definition) is 2. The molecule has 0 aliphatic rings. The van der Waals surface area contributed by atoms with Crippen LogP contribution in [-0.4, -0.2) is 24.4 Å². The van der Waals surface area contributed by atoms with E-state index in [1.165, 1.54) is 0 Å². The fourth-order valence-electron chi connectivity index (χ4n) is 2.33. The molecule has 0 spiro atoms. The standard InChI is InChI=1S/C21H22N2O4/c1-3-27-20(25)14-13-19(24)23-18-11-9-17(10-12-18)21(26)22-15(2)16-7-5-4-6-8-16/h4-15H,3H2,1-2H3,(H,22,26)(H,23,24)/b14-13+. The lowest BCUT2D eigenvalue weighted by atomic mass is 10.1. The third-order valence-electron chi connectivity index (χ3n) is 3.72. The molecular formula is C21H22N2O4. The van der Waals surface area contributed by atoms with E-state index < -0.39 is 11.9 Å². The van der Waals surface area contributed by atoms with Gasteiger partial charge in [-0.1, -0.05) is 30.3 Å². The lowest BCUT2D eigenvalue weighted by Gasteiger charge is -2.14. The molecule has 6 heteroatoms. The van der Waals surface area contributed by atoms with Gasteiger partial charge in [-0.25, -0.2) is 4.79 Å². The summed E-state index contributed by atoms with van der Waals surface area (Å²) in [6.45, 7) is 3.85. The first-order valence-electron chi connectivity index (χ1n) is 8.61. The van der Waals surface area contributed by atoms with E-state index >= 15 is 0 Å². The highest BCUT2D eigenvalue weighted by atomic mass is 16.5. The summed E-state index contributed by atoms with van der Waals surface area (Å²) in [5.41, 5.74) is 2.02. The van der Waals surface area contributed by atoms with Gasteiger partial charge in [0.05, 0.1) is 12.6 Å². The highest BCUT2D eigenvalue weighted by Gasteiger charge is 2.11. The predicted octanol–water partition coefficient (Wildman–Crippen LogP) is 3.24. The van der Waals surface area contributed by atoms with Gasteiger partial charge in [0, 0.05) is 23.4 Å². The smallest absolute Gasteiger partial charge is 0.330 e. The minimum atomic E-state index is -0.577. The van der Waals surface area contributed by atoms with Crippen molar-refractivity contribution >= 4 is 23.5 Å². The summed E-state index contributed by atoms with van der Waals surface area (Å²) in [7, 11) is 0. The Morgan fingerprint density at radius 2 is 1.67 bits per heavy atom. The van der Waals surface area contributed by atoms with Gasteiger partial charge in [0.1, 0.15) is 0 Å². The van der Waals surface area contributed by atoms with Crippen LogP contribution in [-0.2, 0) is 14.3 Å². The Bertz CT molecular complexity index is 814. The molecule has 27 heavy (non-hydrogen) atoms. The number of ether oxygens (including phenoxy) is 1. The maximum Gasteiger partial charge on any atom is 0.330 e. The summed E-state index contributed by atoms with van der Waals surface area (Å²) >= 11 is 0. The molecule has 0 radical (unpaired) electrons. The molecule has 1 atom stereocenters. The number of benzene rings is 2. The fourth-order valence-corrected chi connectivity index (χ4v) is 2.33. The SMILES string of the molecule is CCOC(=O)/C=C/C(=O)Nc1ccc(C(=O)NC(C)c2ccccc2)cc1. The molecule has 2 amide bonds. The van der Waals surface area contributed by atoms with Crippen LogP contribution in [0.4, 0.5) is 5.69 Å². The maximum atomic E-state index is 12.3. The van der Waals surface area contributed by atoms with E-state index in [0.29, 0.717) is 11.3 Å². The number of carbonyl (C=O) groups excluding carboxylic acids is 3. The monoisotopic (exact) mass is 366 g/mol. The molecule has 2 rings (SSSR count). The summed E-state index contributed by atoms with van der Waals surface area (Å²) in [6, 6.07) is 16.0. The van der Waals surface area contributed by atoms with Crippen molar-refractivity contribution in [3.05, 3.63) is 77.9 Å².